The second kappa shape index (κ2) is 10.4. The third kappa shape index (κ3) is 6.33. The highest BCUT2D eigenvalue weighted by Gasteiger charge is 2.12. The molecule has 1 aromatic rings. The van der Waals surface area contributed by atoms with E-state index < -0.39 is 0 Å². The molecule has 0 aliphatic rings. The van der Waals surface area contributed by atoms with Crippen LogP contribution < -0.4 is 4.74 Å². The molecule has 0 saturated heterocycles. The van der Waals surface area contributed by atoms with Crippen molar-refractivity contribution in [3.63, 3.8) is 0 Å². The Morgan fingerprint density at radius 2 is 1.95 bits per heavy atom. The van der Waals surface area contributed by atoms with E-state index in [0.717, 1.165) is 37.1 Å². The predicted octanol–water partition coefficient (Wildman–Crippen LogP) is 6.24. The molecule has 0 aromatic heterocycles. The van der Waals surface area contributed by atoms with E-state index in [0.29, 0.717) is 6.10 Å². The van der Waals surface area contributed by atoms with Crippen molar-refractivity contribution in [3.05, 3.63) is 23.8 Å². The van der Waals surface area contributed by atoms with E-state index in [1.54, 1.807) is 0 Å². The monoisotopic (exact) mass is 289 g/mol. The lowest BCUT2D eigenvalue weighted by Gasteiger charge is -2.19. The minimum atomic E-state index is 0.304. The van der Waals surface area contributed by atoms with Crippen LogP contribution in [0.25, 0.3) is 0 Å². The van der Waals surface area contributed by atoms with Gasteiger partial charge in [-0.25, -0.2) is 0 Å². The number of hydrogen-bond acceptors (Lipinski definition) is 2. The molecule has 118 valence electrons. The molecule has 1 aromatic carbocycles. The van der Waals surface area contributed by atoms with E-state index in [1.165, 1.54) is 24.8 Å². The molecule has 2 heteroatoms. The summed E-state index contributed by atoms with van der Waals surface area (Å²) in [6.07, 6.45) is 10.4. The van der Waals surface area contributed by atoms with Gasteiger partial charge in [0, 0.05) is 6.21 Å². The average molecular weight is 289 g/mol. The SMILES string of the molecule is CCCC=Nc1c(C)cccc1OC(CC)CCCCC. The van der Waals surface area contributed by atoms with Crippen LogP contribution in [0, 0.1) is 6.92 Å². The van der Waals surface area contributed by atoms with Crippen LogP contribution in [0.3, 0.4) is 0 Å². The minimum absolute atomic E-state index is 0.304. The molecule has 0 bridgehead atoms. The zero-order valence-electron chi connectivity index (χ0n) is 14.2. The molecule has 0 N–H and O–H groups in total. The Balaban J connectivity index is 2.78. The minimum Gasteiger partial charge on any atom is -0.488 e. The lowest BCUT2D eigenvalue weighted by Crippen LogP contribution is -2.15. The molecule has 0 amide bonds. The molecule has 0 heterocycles. The highest BCUT2D eigenvalue weighted by Crippen LogP contribution is 2.32. The van der Waals surface area contributed by atoms with E-state index in [2.05, 4.69) is 44.8 Å². The van der Waals surface area contributed by atoms with Gasteiger partial charge in [-0.15, -0.1) is 0 Å². The van der Waals surface area contributed by atoms with Crippen molar-refractivity contribution >= 4 is 11.9 Å². The number of aliphatic imine (C=N–C) groups is 1. The number of aryl methyl sites for hydroxylation is 1. The van der Waals surface area contributed by atoms with Gasteiger partial charge in [0.25, 0.3) is 0 Å². The van der Waals surface area contributed by atoms with Gasteiger partial charge < -0.3 is 4.74 Å². The van der Waals surface area contributed by atoms with E-state index in [1.807, 2.05) is 12.3 Å². The molecule has 0 fully saturated rings. The maximum atomic E-state index is 6.24. The van der Waals surface area contributed by atoms with Crippen LogP contribution in [0.1, 0.15) is 71.3 Å². The largest absolute Gasteiger partial charge is 0.488 e. The summed E-state index contributed by atoms with van der Waals surface area (Å²) in [5.74, 6) is 0.936. The molecule has 1 atom stereocenters. The van der Waals surface area contributed by atoms with Crippen molar-refractivity contribution in [3.8, 4) is 5.75 Å². The highest BCUT2D eigenvalue weighted by atomic mass is 16.5. The second-order valence-corrected chi connectivity index (χ2v) is 5.67. The van der Waals surface area contributed by atoms with Crippen molar-refractivity contribution < 1.29 is 4.74 Å². The second-order valence-electron chi connectivity index (χ2n) is 5.67. The maximum absolute atomic E-state index is 6.24. The smallest absolute Gasteiger partial charge is 0.145 e. The van der Waals surface area contributed by atoms with Crippen molar-refractivity contribution in [2.75, 3.05) is 0 Å². The van der Waals surface area contributed by atoms with Gasteiger partial charge in [0.1, 0.15) is 11.4 Å². The summed E-state index contributed by atoms with van der Waals surface area (Å²) in [7, 11) is 0. The molecule has 2 nitrogen and oxygen atoms in total. The summed E-state index contributed by atoms with van der Waals surface area (Å²) in [4.78, 5) is 4.63. The number of rotatable bonds is 10. The van der Waals surface area contributed by atoms with E-state index in [4.69, 9.17) is 4.74 Å². The van der Waals surface area contributed by atoms with Crippen LogP contribution in [-0.4, -0.2) is 12.3 Å². The summed E-state index contributed by atoms with van der Waals surface area (Å²) in [5.41, 5.74) is 2.18. The van der Waals surface area contributed by atoms with Gasteiger partial charge in [-0.3, -0.25) is 4.99 Å². The first-order valence-corrected chi connectivity index (χ1v) is 8.51. The number of unbranched alkanes of at least 4 members (excludes halogenated alkanes) is 3. The molecular formula is C19H31NO. The number of nitrogens with zero attached hydrogens (tertiary/aromatic N) is 1. The van der Waals surface area contributed by atoms with Gasteiger partial charge in [-0.2, -0.15) is 0 Å². The number of ether oxygens (including phenoxy) is 1. The Bertz CT molecular complexity index is 426. The standard InChI is InChI=1S/C19H31NO/c1-5-8-10-13-17(7-3)21-18-14-11-12-16(4)19(18)20-15-9-6-2/h11-12,14-15,17H,5-10,13H2,1-4H3. The Morgan fingerprint density at radius 3 is 2.62 bits per heavy atom. The van der Waals surface area contributed by atoms with Gasteiger partial charge in [-0.1, -0.05) is 52.2 Å². The first kappa shape index (κ1) is 17.7. The summed E-state index contributed by atoms with van der Waals surface area (Å²) < 4.78 is 6.24. The van der Waals surface area contributed by atoms with Crippen LogP contribution in [0.4, 0.5) is 5.69 Å². The molecule has 21 heavy (non-hydrogen) atoms. The van der Waals surface area contributed by atoms with E-state index >= 15 is 0 Å². The third-order valence-electron chi connectivity index (χ3n) is 3.72. The zero-order valence-corrected chi connectivity index (χ0v) is 14.2. The van der Waals surface area contributed by atoms with Gasteiger partial charge >= 0.3 is 0 Å². The van der Waals surface area contributed by atoms with E-state index in [-0.39, 0.29) is 0 Å². The number of para-hydroxylation sites is 1. The third-order valence-corrected chi connectivity index (χ3v) is 3.72. The van der Waals surface area contributed by atoms with Gasteiger partial charge in [0.05, 0.1) is 6.10 Å². The van der Waals surface area contributed by atoms with Crippen LogP contribution >= 0.6 is 0 Å². The number of hydrogen-bond donors (Lipinski definition) is 0. The molecule has 0 spiro atoms. The predicted molar refractivity (Wildman–Crippen MR) is 93.1 cm³/mol. The van der Waals surface area contributed by atoms with E-state index in [9.17, 15) is 0 Å². The zero-order chi connectivity index (χ0) is 15.5. The Kier molecular flexibility index (Phi) is 8.80. The quantitative estimate of drug-likeness (QED) is 0.369. The van der Waals surface area contributed by atoms with Crippen LogP contribution in [0.5, 0.6) is 5.75 Å². The molecule has 0 radical (unpaired) electrons. The highest BCUT2D eigenvalue weighted by molar-refractivity contribution is 5.68. The van der Waals surface area contributed by atoms with Crippen LogP contribution in [0.15, 0.2) is 23.2 Å². The fraction of sp³-hybridized carbons (Fsp3) is 0.632. The summed E-state index contributed by atoms with van der Waals surface area (Å²) >= 11 is 0. The normalized spacial score (nSPS) is 12.8. The van der Waals surface area contributed by atoms with Crippen LogP contribution in [-0.2, 0) is 0 Å². The summed E-state index contributed by atoms with van der Waals surface area (Å²) in [5, 5.41) is 0. The average Bonchev–Trinajstić information content (AvgIpc) is 2.49. The van der Waals surface area contributed by atoms with Crippen molar-refractivity contribution in [1.29, 1.82) is 0 Å². The lowest BCUT2D eigenvalue weighted by atomic mass is 10.1. The maximum Gasteiger partial charge on any atom is 0.145 e. The molecule has 0 aliphatic carbocycles. The first-order chi connectivity index (χ1) is 10.2. The Hall–Kier alpha value is -1.31. The molecule has 1 unspecified atom stereocenters. The molecule has 0 saturated carbocycles. The van der Waals surface area contributed by atoms with Gasteiger partial charge in [0.15, 0.2) is 0 Å². The lowest BCUT2D eigenvalue weighted by molar-refractivity contribution is 0.183. The van der Waals surface area contributed by atoms with Gasteiger partial charge in [-0.05, 0) is 44.2 Å². The molecular weight excluding hydrogens is 258 g/mol. The van der Waals surface area contributed by atoms with Crippen molar-refractivity contribution in [2.45, 2.75) is 78.7 Å². The van der Waals surface area contributed by atoms with Gasteiger partial charge in [0.2, 0.25) is 0 Å². The van der Waals surface area contributed by atoms with Crippen molar-refractivity contribution in [2.24, 2.45) is 4.99 Å². The van der Waals surface area contributed by atoms with Crippen molar-refractivity contribution in [1.82, 2.24) is 0 Å². The Labute approximate surface area is 130 Å². The number of benzene rings is 1. The fourth-order valence-electron chi connectivity index (χ4n) is 2.33. The topological polar surface area (TPSA) is 21.6 Å². The molecule has 1 rings (SSSR count). The van der Waals surface area contributed by atoms with Crippen LogP contribution in [0.2, 0.25) is 0 Å². The fourth-order valence-corrected chi connectivity index (χ4v) is 2.33. The summed E-state index contributed by atoms with van der Waals surface area (Å²) in [6.45, 7) is 8.71. The summed E-state index contributed by atoms with van der Waals surface area (Å²) in [6, 6.07) is 6.21. The Morgan fingerprint density at radius 1 is 1.14 bits per heavy atom. The molecule has 0 aliphatic heterocycles. The first-order valence-electron chi connectivity index (χ1n) is 8.51.